The zero-order chi connectivity index (χ0) is 25.7. The lowest BCUT2D eigenvalue weighted by Crippen LogP contribution is -2.21. The standard InChI is InChI=1S/C27H16ClN3O6/c28-16-9-3-4-10-18(16)31-13-17(29-30-31)21(22-24(32)14-7-1-5-11-19(14)36-26(22)34)23-25(33)15-8-2-6-12-20(15)37-27(23)35/h1-13,21,32-33H. The number of para-hydroxylation sites is 3. The maximum atomic E-state index is 13.2. The lowest BCUT2D eigenvalue weighted by molar-refractivity contribution is 0.440. The number of rotatable bonds is 4. The van der Waals surface area contributed by atoms with Gasteiger partial charge in [-0.1, -0.05) is 53.2 Å². The van der Waals surface area contributed by atoms with Gasteiger partial charge in [-0.3, -0.25) is 0 Å². The summed E-state index contributed by atoms with van der Waals surface area (Å²) in [6, 6.07) is 19.7. The summed E-state index contributed by atoms with van der Waals surface area (Å²) in [5, 5.41) is 31.6. The molecule has 0 aliphatic carbocycles. The van der Waals surface area contributed by atoms with Gasteiger partial charge in [0.05, 0.1) is 50.4 Å². The molecule has 0 radical (unpaired) electrons. The van der Waals surface area contributed by atoms with Crippen molar-refractivity contribution in [2.24, 2.45) is 0 Å². The summed E-state index contributed by atoms with van der Waals surface area (Å²) in [5.74, 6) is -2.23. The van der Waals surface area contributed by atoms with Gasteiger partial charge in [0.25, 0.3) is 0 Å². The van der Waals surface area contributed by atoms with E-state index in [1.165, 1.54) is 23.0 Å². The van der Waals surface area contributed by atoms with E-state index in [4.69, 9.17) is 20.4 Å². The molecule has 6 aromatic rings. The largest absolute Gasteiger partial charge is 0.507 e. The Bertz CT molecular complexity index is 1840. The summed E-state index contributed by atoms with van der Waals surface area (Å²) >= 11 is 6.31. The number of fused-ring (bicyclic) bond motifs is 2. The molecule has 3 aromatic heterocycles. The summed E-state index contributed by atoms with van der Waals surface area (Å²) in [5.41, 5.74) is -1.57. The topological polar surface area (TPSA) is 132 Å². The van der Waals surface area contributed by atoms with E-state index in [0.717, 1.165) is 0 Å². The van der Waals surface area contributed by atoms with Crippen molar-refractivity contribution in [3.05, 3.63) is 122 Å². The van der Waals surface area contributed by atoms with Crippen molar-refractivity contribution in [1.82, 2.24) is 15.0 Å². The highest BCUT2D eigenvalue weighted by Crippen LogP contribution is 2.41. The van der Waals surface area contributed by atoms with Crippen molar-refractivity contribution in [3.63, 3.8) is 0 Å². The van der Waals surface area contributed by atoms with Gasteiger partial charge in [-0.2, -0.15) is 0 Å². The lowest BCUT2D eigenvalue weighted by atomic mass is 9.88. The molecule has 0 amide bonds. The van der Waals surface area contributed by atoms with Crippen LogP contribution in [0, 0.1) is 0 Å². The van der Waals surface area contributed by atoms with E-state index in [1.807, 2.05) is 0 Å². The first-order valence-electron chi connectivity index (χ1n) is 11.1. The van der Waals surface area contributed by atoms with Crippen LogP contribution in [0.5, 0.6) is 11.5 Å². The van der Waals surface area contributed by atoms with Crippen LogP contribution in [0.15, 0.2) is 97.4 Å². The second kappa shape index (κ2) is 8.65. The molecule has 37 heavy (non-hydrogen) atoms. The summed E-state index contributed by atoms with van der Waals surface area (Å²) < 4.78 is 12.3. The SMILES string of the molecule is O=c1oc2ccccc2c(O)c1C(c1cn(-c2ccccc2Cl)nn1)c1c(O)c2ccccc2oc1=O. The van der Waals surface area contributed by atoms with Gasteiger partial charge in [0.15, 0.2) is 0 Å². The second-order valence-corrected chi connectivity index (χ2v) is 8.68. The van der Waals surface area contributed by atoms with Crippen LogP contribution in [0.1, 0.15) is 22.7 Å². The average molecular weight is 514 g/mol. The van der Waals surface area contributed by atoms with Crippen LogP contribution in [0.25, 0.3) is 27.6 Å². The van der Waals surface area contributed by atoms with Crippen LogP contribution < -0.4 is 11.3 Å². The van der Waals surface area contributed by atoms with Gasteiger partial charge < -0.3 is 19.0 Å². The van der Waals surface area contributed by atoms with Crippen molar-refractivity contribution in [2.75, 3.05) is 0 Å². The minimum absolute atomic E-state index is 0.0654. The Morgan fingerprint density at radius 3 is 1.84 bits per heavy atom. The van der Waals surface area contributed by atoms with Crippen molar-refractivity contribution >= 4 is 33.5 Å². The molecular weight excluding hydrogens is 498 g/mol. The first-order chi connectivity index (χ1) is 17.9. The minimum atomic E-state index is -1.39. The highest BCUT2D eigenvalue weighted by Gasteiger charge is 2.34. The fourth-order valence-electron chi connectivity index (χ4n) is 4.41. The Hall–Kier alpha value is -4.89. The molecule has 0 aliphatic heterocycles. The molecule has 2 N–H and O–H groups in total. The molecule has 9 nitrogen and oxygen atoms in total. The van der Waals surface area contributed by atoms with Crippen molar-refractivity contribution in [2.45, 2.75) is 5.92 Å². The van der Waals surface area contributed by atoms with Crippen molar-refractivity contribution < 1.29 is 19.0 Å². The van der Waals surface area contributed by atoms with Gasteiger partial charge in [0.2, 0.25) is 0 Å². The molecule has 10 heteroatoms. The third kappa shape index (κ3) is 3.64. The van der Waals surface area contributed by atoms with Gasteiger partial charge in [-0.25, -0.2) is 14.3 Å². The first-order valence-corrected chi connectivity index (χ1v) is 11.5. The molecule has 6 rings (SSSR count). The fourth-order valence-corrected chi connectivity index (χ4v) is 4.63. The van der Waals surface area contributed by atoms with E-state index >= 15 is 0 Å². The van der Waals surface area contributed by atoms with Crippen LogP contribution >= 0.6 is 11.6 Å². The molecule has 182 valence electrons. The molecule has 3 aromatic carbocycles. The van der Waals surface area contributed by atoms with E-state index in [1.54, 1.807) is 60.7 Å². The Labute approximate surface area is 212 Å². The Kier molecular flexibility index (Phi) is 5.27. The van der Waals surface area contributed by atoms with Gasteiger partial charge in [0.1, 0.15) is 22.7 Å². The first kappa shape index (κ1) is 22.6. The van der Waals surface area contributed by atoms with Crippen LogP contribution in [-0.4, -0.2) is 25.2 Å². The summed E-state index contributed by atoms with van der Waals surface area (Å²) in [7, 11) is 0. The zero-order valence-corrected chi connectivity index (χ0v) is 19.6. The number of nitrogens with zero attached hydrogens (tertiary/aromatic N) is 3. The molecule has 0 fully saturated rings. The van der Waals surface area contributed by atoms with Crippen molar-refractivity contribution in [3.8, 4) is 17.2 Å². The van der Waals surface area contributed by atoms with E-state index in [9.17, 15) is 19.8 Å². The van der Waals surface area contributed by atoms with Crippen LogP contribution in [0.3, 0.4) is 0 Å². The van der Waals surface area contributed by atoms with E-state index in [0.29, 0.717) is 10.7 Å². The summed E-state index contributed by atoms with van der Waals surface area (Å²) in [6.45, 7) is 0. The molecule has 0 atom stereocenters. The van der Waals surface area contributed by atoms with Gasteiger partial charge in [-0.05, 0) is 36.4 Å². The zero-order valence-electron chi connectivity index (χ0n) is 18.8. The maximum Gasteiger partial charge on any atom is 0.344 e. The smallest absolute Gasteiger partial charge is 0.344 e. The van der Waals surface area contributed by atoms with Crippen LogP contribution in [-0.2, 0) is 0 Å². The van der Waals surface area contributed by atoms with Crippen LogP contribution in [0.4, 0.5) is 0 Å². The average Bonchev–Trinajstić information content (AvgIpc) is 3.37. The fraction of sp³-hybridized carbons (Fsp3) is 0.0370. The number of aromatic hydroxyl groups is 2. The molecule has 0 saturated carbocycles. The van der Waals surface area contributed by atoms with Crippen molar-refractivity contribution in [1.29, 1.82) is 0 Å². The molecule has 0 spiro atoms. The van der Waals surface area contributed by atoms with E-state index < -0.39 is 28.7 Å². The molecule has 3 heterocycles. The molecule has 0 bridgehead atoms. The Morgan fingerprint density at radius 2 is 1.27 bits per heavy atom. The Morgan fingerprint density at radius 1 is 0.757 bits per heavy atom. The monoisotopic (exact) mass is 513 g/mol. The lowest BCUT2D eigenvalue weighted by Gasteiger charge is -2.17. The van der Waals surface area contributed by atoms with E-state index in [-0.39, 0.29) is 38.8 Å². The number of hydrogen-bond acceptors (Lipinski definition) is 8. The highest BCUT2D eigenvalue weighted by atomic mass is 35.5. The molecule has 0 saturated heterocycles. The minimum Gasteiger partial charge on any atom is -0.507 e. The third-order valence-electron chi connectivity index (χ3n) is 6.12. The van der Waals surface area contributed by atoms with Gasteiger partial charge >= 0.3 is 11.3 Å². The number of halogens is 1. The predicted molar refractivity (Wildman–Crippen MR) is 136 cm³/mol. The van der Waals surface area contributed by atoms with Gasteiger partial charge in [-0.15, -0.1) is 5.10 Å². The number of benzene rings is 3. The molecule has 0 unspecified atom stereocenters. The third-order valence-corrected chi connectivity index (χ3v) is 6.44. The normalized spacial score (nSPS) is 11.5. The van der Waals surface area contributed by atoms with Crippen LogP contribution in [0.2, 0.25) is 5.02 Å². The summed E-state index contributed by atoms with van der Waals surface area (Å²) in [4.78, 5) is 26.5. The predicted octanol–water partition coefficient (Wildman–Crippen LogP) is 4.72. The second-order valence-electron chi connectivity index (χ2n) is 8.27. The quantitative estimate of drug-likeness (QED) is 0.323. The molecule has 0 aliphatic rings. The molecular formula is C27H16ClN3O6. The van der Waals surface area contributed by atoms with Gasteiger partial charge in [0, 0.05) is 0 Å². The Balaban J connectivity index is 1.68. The highest BCUT2D eigenvalue weighted by molar-refractivity contribution is 6.32. The van der Waals surface area contributed by atoms with E-state index in [2.05, 4.69) is 10.3 Å². The maximum absolute atomic E-state index is 13.2. The summed E-state index contributed by atoms with van der Waals surface area (Å²) in [6.07, 6.45) is 1.45. The number of aromatic nitrogens is 3. The number of hydrogen-bond donors (Lipinski definition) is 2.